The molecule has 8 heteroatoms. The molecule has 2 N–H and O–H groups in total. The summed E-state index contributed by atoms with van der Waals surface area (Å²) in [6.07, 6.45) is 0. The fraction of sp³-hybridized carbons (Fsp3) is 0.0909. The molecule has 0 fully saturated rings. The number of aromatic amines is 1. The van der Waals surface area contributed by atoms with Crippen molar-refractivity contribution in [1.29, 1.82) is 0 Å². The van der Waals surface area contributed by atoms with Crippen molar-refractivity contribution >= 4 is 27.3 Å². The summed E-state index contributed by atoms with van der Waals surface area (Å²) >= 11 is 1.31. The van der Waals surface area contributed by atoms with Gasteiger partial charge in [0.25, 0.3) is 5.91 Å². The summed E-state index contributed by atoms with van der Waals surface area (Å²) in [5.41, 5.74) is 0. The van der Waals surface area contributed by atoms with Crippen molar-refractivity contribution in [2.75, 3.05) is 0 Å². The van der Waals surface area contributed by atoms with E-state index in [0.29, 0.717) is 10.7 Å². The van der Waals surface area contributed by atoms with Gasteiger partial charge in [0.15, 0.2) is 5.82 Å². The van der Waals surface area contributed by atoms with Crippen LogP contribution in [-0.4, -0.2) is 26.5 Å². The standard InChI is InChI=1S/C11H8FN5OS/c12-7-1-2-8-6(3-7)4-9(19-8)11(18)13-5-10-14-16-17-15-10/h1-4H,5H2,(H,13,18)(H,14,15,16,17). The lowest BCUT2D eigenvalue weighted by Crippen LogP contribution is -2.22. The predicted octanol–water partition coefficient (Wildman–Crippen LogP) is 1.48. The number of tetrazole rings is 1. The SMILES string of the molecule is O=C(NCc1nn[nH]n1)c1cc2cc(F)ccc2s1. The van der Waals surface area contributed by atoms with Crippen LogP contribution in [0, 0.1) is 5.82 Å². The third-order valence-corrected chi connectivity index (χ3v) is 3.61. The first-order chi connectivity index (χ1) is 9.22. The molecule has 1 aromatic carbocycles. The maximum absolute atomic E-state index is 13.1. The van der Waals surface area contributed by atoms with Crippen molar-refractivity contribution in [2.24, 2.45) is 0 Å². The van der Waals surface area contributed by atoms with Crippen LogP contribution in [0.2, 0.25) is 0 Å². The second-order valence-electron chi connectivity index (χ2n) is 3.80. The first kappa shape index (κ1) is 11.7. The topological polar surface area (TPSA) is 83.6 Å². The lowest BCUT2D eigenvalue weighted by atomic mass is 10.2. The number of thiophene rings is 1. The molecule has 0 saturated carbocycles. The molecule has 96 valence electrons. The van der Waals surface area contributed by atoms with E-state index in [1.54, 1.807) is 12.1 Å². The number of benzene rings is 1. The molecule has 0 aliphatic heterocycles. The first-order valence-corrected chi connectivity index (χ1v) is 6.23. The second-order valence-corrected chi connectivity index (χ2v) is 4.89. The minimum Gasteiger partial charge on any atom is -0.344 e. The number of fused-ring (bicyclic) bond motifs is 1. The number of carbonyl (C=O) groups is 1. The Morgan fingerprint density at radius 1 is 1.42 bits per heavy atom. The Morgan fingerprint density at radius 3 is 3.11 bits per heavy atom. The summed E-state index contributed by atoms with van der Waals surface area (Å²) in [4.78, 5) is 12.4. The quantitative estimate of drug-likeness (QED) is 0.759. The van der Waals surface area contributed by atoms with Gasteiger partial charge in [-0.25, -0.2) is 4.39 Å². The van der Waals surface area contributed by atoms with Gasteiger partial charge >= 0.3 is 0 Å². The molecule has 19 heavy (non-hydrogen) atoms. The number of hydrogen-bond donors (Lipinski definition) is 2. The number of nitrogens with one attached hydrogen (secondary N) is 2. The van der Waals surface area contributed by atoms with Crippen LogP contribution in [0.4, 0.5) is 4.39 Å². The van der Waals surface area contributed by atoms with E-state index < -0.39 is 0 Å². The van der Waals surface area contributed by atoms with E-state index in [2.05, 4.69) is 25.9 Å². The average molecular weight is 277 g/mol. The van der Waals surface area contributed by atoms with Crippen molar-refractivity contribution in [3.8, 4) is 0 Å². The van der Waals surface area contributed by atoms with Crippen molar-refractivity contribution in [3.05, 3.63) is 40.8 Å². The van der Waals surface area contributed by atoms with Gasteiger partial charge in [-0.1, -0.05) is 5.21 Å². The Hall–Kier alpha value is -2.35. The van der Waals surface area contributed by atoms with E-state index in [4.69, 9.17) is 0 Å². The number of H-pyrrole nitrogens is 1. The lowest BCUT2D eigenvalue weighted by Gasteiger charge is -1.98. The highest BCUT2D eigenvalue weighted by atomic mass is 32.1. The highest BCUT2D eigenvalue weighted by molar-refractivity contribution is 7.20. The van der Waals surface area contributed by atoms with Crippen LogP contribution < -0.4 is 5.32 Å². The molecule has 3 aromatic rings. The molecule has 0 saturated heterocycles. The van der Waals surface area contributed by atoms with E-state index in [1.165, 1.54) is 23.5 Å². The Morgan fingerprint density at radius 2 is 2.32 bits per heavy atom. The molecule has 6 nitrogen and oxygen atoms in total. The molecule has 1 amide bonds. The monoisotopic (exact) mass is 277 g/mol. The van der Waals surface area contributed by atoms with Crippen molar-refractivity contribution < 1.29 is 9.18 Å². The summed E-state index contributed by atoms with van der Waals surface area (Å²) in [6, 6.07) is 6.10. The lowest BCUT2D eigenvalue weighted by molar-refractivity contribution is 0.0954. The molecule has 0 unspecified atom stereocenters. The maximum Gasteiger partial charge on any atom is 0.261 e. The van der Waals surface area contributed by atoms with Crippen molar-refractivity contribution in [1.82, 2.24) is 25.9 Å². The summed E-state index contributed by atoms with van der Waals surface area (Å²) in [5.74, 6) is -0.157. The Balaban J connectivity index is 1.77. The summed E-state index contributed by atoms with van der Waals surface area (Å²) in [6.45, 7) is 0.192. The summed E-state index contributed by atoms with van der Waals surface area (Å²) < 4.78 is 13.9. The molecule has 0 spiro atoms. The van der Waals surface area contributed by atoms with Crippen LogP contribution in [-0.2, 0) is 6.54 Å². The van der Waals surface area contributed by atoms with Crippen LogP contribution >= 0.6 is 11.3 Å². The number of aromatic nitrogens is 4. The largest absolute Gasteiger partial charge is 0.344 e. The molecule has 3 rings (SSSR count). The third kappa shape index (κ3) is 2.43. The van der Waals surface area contributed by atoms with Crippen LogP contribution in [0.1, 0.15) is 15.5 Å². The number of nitrogens with zero attached hydrogens (tertiary/aromatic N) is 3. The second kappa shape index (κ2) is 4.73. The Labute approximate surface area is 110 Å². The highest BCUT2D eigenvalue weighted by Crippen LogP contribution is 2.26. The fourth-order valence-electron chi connectivity index (χ4n) is 1.63. The van der Waals surface area contributed by atoms with E-state index >= 15 is 0 Å². The molecule has 0 bridgehead atoms. The highest BCUT2D eigenvalue weighted by Gasteiger charge is 2.11. The van der Waals surface area contributed by atoms with E-state index in [1.807, 2.05) is 0 Å². The third-order valence-electron chi connectivity index (χ3n) is 2.50. The smallest absolute Gasteiger partial charge is 0.261 e. The van der Waals surface area contributed by atoms with Gasteiger partial charge in [-0.05, 0) is 29.7 Å². The molecule has 2 aromatic heterocycles. The zero-order valence-electron chi connectivity index (χ0n) is 9.55. The van der Waals surface area contributed by atoms with Gasteiger partial charge in [-0.15, -0.1) is 21.5 Å². The zero-order chi connectivity index (χ0) is 13.2. The van der Waals surface area contributed by atoms with Crippen LogP contribution in [0.3, 0.4) is 0 Å². The zero-order valence-corrected chi connectivity index (χ0v) is 10.4. The van der Waals surface area contributed by atoms with Crippen LogP contribution in [0.25, 0.3) is 10.1 Å². The first-order valence-electron chi connectivity index (χ1n) is 5.42. The number of hydrogen-bond acceptors (Lipinski definition) is 5. The van der Waals surface area contributed by atoms with Crippen LogP contribution in [0.15, 0.2) is 24.3 Å². The van der Waals surface area contributed by atoms with Crippen molar-refractivity contribution in [3.63, 3.8) is 0 Å². The number of amides is 1. The van der Waals surface area contributed by atoms with Gasteiger partial charge in [0.2, 0.25) is 0 Å². The predicted molar refractivity (Wildman–Crippen MR) is 67.1 cm³/mol. The molecule has 2 heterocycles. The van der Waals surface area contributed by atoms with E-state index in [-0.39, 0.29) is 18.3 Å². The summed E-state index contributed by atoms with van der Waals surface area (Å²) in [7, 11) is 0. The average Bonchev–Trinajstić information content (AvgIpc) is 3.04. The normalized spacial score (nSPS) is 10.8. The molecule has 0 aliphatic carbocycles. The van der Waals surface area contributed by atoms with E-state index in [9.17, 15) is 9.18 Å². The minimum absolute atomic E-state index is 0.192. The van der Waals surface area contributed by atoms with Crippen LogP contribution in [0.5, 0.6) is 0 Å². The number of carbonyl (C=O) groups excluding carboxylic acids is 1. The molecular formula is C11H8FN5OS. The minimum atomic E-state index is -0.316. The maximum atomic E-state index is 13.1. The molecular weight excluding hydrogens is 269 g/mol. The Bertz CT molecular complexity index is 724. The summed E-state index contributed by atoms with van der Waals surface area (Å²) in [5, 5.41) is 16.5. The van der Waals surface area contributed by atoms with Gasteiger partial charge in [-0.2, -0.15) is 5.21 Å². The number of halogens is 1. The van der Waals surface area contributed by atoms with Gasteiger partial charge in [0.1, 0.15) is 5.82 Å². The number of rotatable bonds is 3. The van der Waals surface area contributed by atoms with Gasteiger partial charge in [0, 0.05) is 4.70 Å². The fourth-order valence-corrected chi connectivity index (χ4v) is 2.59. The Kier molecular flexibility index (Phi) is 2.92. The van der Waals surface area contributed by atoms with Crippen molar-refractivity contribution in [2.45, 2.75) is 6.54 Å². The molecule has 0 atom stereocenters. The molecule has 0 radical (unpaired) electrons. The van der Waals surface area contributed by atoms with Gasteiger partial charge in [0.05, 0.1) is 11.4 Å². The van der Waals surface area contributed by atoms with Gasteiger partial charge in [-0.3, -0.25) is 4.79 Å². The van der Waals surface area contributed by atoms with E-state index in [0.717, 1.165) is 10.1 Å². The van der Waals surface area contributed by atoms with Gasteiger partial charge < -0.3 is 5.32 Å². The molecule has 0 aliphatic rings.